The van der Waals surface area contributed by atoms with Gasteiger partial charge in [0.2, 0.25) is 0 Å². The highest BCUT2D eigenvalue weighted by molar-refractivity contribution is 7.99. The molecule has 56 valence electrons. The van der Waals surface area contributed by atoms with Gasteiger partial charge in [-0.2, -0.15) is 11.8 Å². The van der Waals surface area contributed by atoms with Gasteiger partial charge < -0.3 is 5.32 Å². The molecule has 9 heavy (non-hydrogen) atoms. The molecule has 3 heteroatoms. The lowest BCUT2D eigenvalue weighted by molar-refractivity contribution is 0.659. The van der Waals surface area contributed by atoms with Crippen molar-refractivity contribution in [3.63, 3.8) is 0 Å². The molecule has 0 atom stereocenters. The van der Waals surface area contributed by atoms with Crippen molar-refractivity contribution in [1.82, 2.24) is 5.32 Å². The van der Waals surface area contributed by atoms with Gasteiger partial charge in [0.25, 0.3) is 0 Å². The average molecular weight is 168 g/mol. The molecule has 0 radical (unpaired) electrons. The summed E-state index contributed by atoms with van der Waals surface area (Å²) in [5.74, 6) is 2.71. The summed E-state index contributed by atoms with van der Waals surface area (Å²) in [6.45, 7) is 2.46. The first-order chi connectivity index (χ1) is 4.00. The average Bonchev–Trinajstić information content (AvgIpc) is 1.62. The van der Waals surface area contributed by atoms with Gasteiger partial charge in [0.05, 0.1) is 0 Å². The Labute approximate surface area is 67.4 Å². The standard InChI is InChI=1S/C6H13NS.ClH/c1-3-7-4-2-6-8-5-1;/h7H,1-6H2;1H. The highest BCUT2D eigenvalue weighted by atomic mass is 35.5. The lowest BCUT2D eigenvalue weighted by atomic mass is 10.4. The van der Waals surface area contributed by atoms with Crippen molar-refractivity contribution in [2.45, 2.75) is 12.8 Å². The van der Waals surface area contributed by atoms with Crippen LogP contribution in [0.2, 0.25) is 0 Å². The van der Waals surface area contributed by atoms with E-state index in [0.29, 0.717) is 0 Å². The van der Waals surface area contributed by atoms with Gasteiger partial charge in [0, 0.05) is 0 Å². The van der Waals surface area contributed by atoms with Gasteiger partial charge in [-0.1, -0.05) is 0 Å². The van der Waals surface area contributed by atoms with Gasteiger partial charge in [-0.25, -0.2) is 0 Å². The van der Waals surface area contributed by atoms with Gasteiger partial charge >= 0.3 is 0 Å². The topological polar surface area (TPSA) is 12.0 Å². The fourth-order valence-electron chi connectivity index (χ4n) is 0.826. The molecule has 0 unspecified atom stereocenters. The molecule has 1 nitrogen and oxygen atoms in total. The predicted molar refractivity (Wildman–Crippen MR) is 46.7 cm³/mol. The monoisotopic (exact) mass is 167 g/mol. The lowest BCUT2D eigenvalue weighted by Gasteiger charge is -2.08. The van der Waals surface area contributed by atoms with E-state index in [-0.39, 0.29) is 12.4 Å². The summed E-state index contributed by atoms with van der Waals surface area (Å²) < 4.78 is 0. The van der Waals surface area contributed by atoms with Crippen LogP contribution < -0.4 is 5.32 Å². The van der Waals surface area contributed by atoms with Gasteiger partial charge in [0.15, 0.2) is 0 Å². The molecule has 1 heterocycles. The molecule has 0 aromatic rings. The van der Waals surface area contributed by atoms with Crippen LogP contribution in [0.25, 0.3) is 0 Å². The minimum atomic E-state index is 0. The number of thioether (sulfide) groups is 1. The third-order valence-corrected chi connectivity index (χ3v) is 2.44. The van der Waals surface area contributed by atoms with Gasteiger partial charge in [0.1, 0.15) is 0 Å². The Morgan fingerprint density at radius 3 is 2.11 bits per heavy atom. The van der Waals surface area contributed by atoms with Crippen LogP contribution in [-0.4, -0.2) is 24.6 Å². The second kappa shape index (κ2) is 6.72. The fourth-order valence-corrected chi connectivity index (χ4v) is 1.73. The van der Waals surface area contributed by atoms with Crippen LogP contribution in [0.1, 0.15) is 12.8 Å². The van der Waals surface area contributed by atoms with Crippen molar-refractivity contribution in [2.75, 3.05) is 24.6 Å². The molecule has 0 aromatic heterocycles. The molecule has 0 amide bonds. The van der Waals surface area contributed by atoms with E-state index < -0.39 is 0 Å². The summed E-state index contributed by atoms with van der Waals surface area (Å²) in [6.07, 6.45) is 2.70. The molecule has 1 N–H and O–H groups in total. The van der Waals surface area contributed by atoms with E-state index in [1.807, 2.05) is 0 Å². The largest absolute Gasteiger partial charge is 0.317 e. The molecular formula is C6H14ClNS. The molecule has 1 aliphatic rings. The molecule has 1 rings (SSSR count). The fraction of sp³-hybridized carbons (Fsp3) is 1.00. The second-order valence-corrected chi connectivity index (χ2v) is 3.29. The first-order valence-electron chi connectivity index (χ1n) is 3.28. The van der Waals surface area contributed by atoms with E-state index in [0.717, 1.165) is 0 Å². The molecule has 0 aromatic carbocycles. The highest BCUT2D eigenvalue weighted by Gasteiger charge is 1.94. The third-order valence-electron chi connectivity index (χ3n) is 1.28. The predicted octanol–water partition coefficient (Wildman–Crippen LogP) is 1.52. The van der Waals surface area contributed by atoms with E-state index in [4.69, 9.17) is 0 Å². The molecule has 0 saturated carbocycles. The lowest BCUT2D eigenvalue weighted by Crippen LogP contribution is -2.19. The first kappa shape index (κ1) is 9.60. The Hall–Kier alpha value is 0.600. The van der Waals surface area contributed by atoms with Gasteiger partial charge in [-0.3, -0.25) is 0 Å². The van der Waals surface area contributed by atoms with Crippen LogP contribution in [0.15, 0.2) is 0 Å². The van der Waals surface area contributed by atoms with E-state index in [9.17, 15) is 0 Å². The summed E-state index contributed by atoms with van der Waals surface area (Å²) >= 11 is 2.09. The van der Waals surface area contributed by atoms with Crippen LogP contribution in [-0.2, 0) is 0 Å². The quantitative estimate of drug-likeness (QED) is 0.588. The number of hydrogen-bond acceptors (Lipinski definition) is 2. The van der Waals surface area contributed by atoms with Crippen molar-refractivity contribution in [3.05, 3.63) is 0 Å². The van der Waals surface area contributed by atoms with Crippen molar-refractivity contribution in [1.29, 1.82) is 0 Å². The van der Waals surface area contributed by atoms with Crippen molar-refractivity contribution < 1.29 is 0 Å². The first-order valence-corrected chi connectivity index (χ1v) is 4.44. The smallest absolute Gasteiger partial charge is 0.00410 e. The molecule has 0 spiro atoms. The molecule has 0 bridgehead atoms. The second-order valence-electron chi connectivity index (χ2n) is 2.07. The Morgan fingerprint density at radius 2 is 1.56 bits per heavy atom. The highest BCUT2D eigenvalue weighted by Crippen LogP contribution is 2.04. The van der Waals surface area contributed by atoms with Crippen LogP contribution in [0.5, 0.6) is 0 Å². The Balaban J connectivity index is 0.000000640. The number of halogens is 1. The van der Waals surface area contributed by atoms with Crippen LogP contribution in [0.4, 0.5) is 0 Å². The molecule has 1 fully saturated rings. The van der Waals surface area contributed by atoms with Crippen LogP contribution in [0, 0.1) is 0 Å². The maximum absolute atomic E-state index is 3.37. The zero-order valence-electron chi connectivity index (χ0n) is 5.56. The summed E-state index contributed by atoms with van der Waals surface area (Å²) in [7, 11) is 0. The summed E-state index contributed by atoms with van der Waals surface area (Å²) in [5, 5.41) is 3.37. The normalized spacial score (nSPS) is 21.3. The third kappa shape index (κ3) is 5.07. The van der Waals surface area contributed by atoms with Crippen molar-refractivity contribution in [2.24, 2.45) is 0 Å². The van der Waals surface area contributed by atoms with Crippen LogP contribution in [0.3, 0.4) is 0 Å². The Kier molecular flexibility index (Phi) is 7.16. The Bertz CT molecular complexity index is 37.0. The maximum Gasteiger partial charge on any atom is -0.00410 e. The van der Waals surface area contributed by atoms with Crippen molar-refractivity contribution >= 4 is 24.2 Å². The van der Waals surface area contributed by atoms with Gasteiger partial charge in [-0.15, -0.1) is 12.4 Å². The minimum absolute atomic E-state index is 0. The molecular weight excluding hydrogens is 154 g/mol. The van der Waals surface area contributed by atoms with Crippen LogP contribution >= 0.6 is 24.2 Å². The molecule has 0 aliphatic carbocycles. The van der Waals surface area contributed by atoms with Crippen molar-refractivity contribution in [3.8, 4) is 0 Å². The number of nitrogens with one attached hydrogen (secondary N) is 1. The molecule has 1 saturated heterocycles. The van der Waals surface area contributed by atoms with E-state index in [1.165, 1.54) is 37.4 Å². The number of hydrogen-bond donors (Lipinski definition) is 1. The zero-order valence-corrected chi connectivity index (χ0v) is 7.19. The summed E-state index contributed by atoms with van der Waals surface area (Å²) in [4.78, 5) is 0. The van der Waals surface area contributed by atoms with E-state index >= 15 is 0 Å². The SMILES string of the molecule is C1CNCCCSC1.Cl. The number of rotatable bonds is 0. The maximum atomic E-state index is 3.37. The van der Waals surface area contributed by atoms with E-state index in [2.05, 4.69) is 17.1 Å². The summed E-state index contributed by atoms with van der Waals surface area (Å²) in [5.41, 5.74) is 0. The van der Waals surface area contributed by atoms with Gasteiger partial charge in [-0.05, 0) is 37.4 Å². The minimum Gasteiger partial charge on any atom is -0.317 e. The summed E-state index contributed by atoms with van der Waals surface area (Å²) in [6, 6.07) is 0. The Morgan fingerprint density at radius 1 is 1.00 bits per heavy atom. The van der Waals surface area contributed by atoms with E-state index in [1.54, 1.807) is 0 Å². The zero-order chi connectivity index (χ0) is 5.66. The molecule has 1 aliphatic heterocycles.